The number of phenols is 1. The van der Waals surface area contributed by atoms with Gasteiger partial charge in [-0.2, -0.15) is 9.97 Å². The summed E-state index contributed by atoms with van der Waals surface area (Å²) in [5.41, 5.74) is 2.91. The Hall–Kier alpha value is -3.68. The largest absolute Gasteiger partial charge is 0.508 e. The van der Waals surface area contributed by atoms with Gasteiger partial charge in [0.05, 0.1) is 34.9 Å². The number of nitrogens with zero attached hydrogens (tertiary/aromatic N) is 4. The maximum absolute atomic E-state index is 15.0. The van der Waals surface area contributed by atoms with Crippen LogP contribution in [0.15, 0.2) is 30.3 Å². The lowest BCUT2D eigenvalue weighted by molar-refractivity contribution is -0.0532. The molecule has 0 amide bonds. The number of fused-ring (bicyclic) bond motifs is 4. The number of anilines is 1. The molecular formula is C38H39ClFN5O3. The molecule has 1 aromatic heterocycles. The van der Waals surface area contributed by atoms with E-state index in [2.05, 4.69) is 27.1 Å². The summed E-state index contributed by atoms with van der Waals surface area (Å²) in [5, 5.41) is 16.9. The lowest BCUT2D eigenvalue weighted by atomic mass is 9.91. The highest BCUT2D eigenvalue weighted by molar-refractivity contribution is 6.39. The van der Waals surface area contributed by atoms with Gasteiger partial charge in [0.25, 0.3) is 0 Å². The molecule has 9 rings (SSSR count). The van der Waals surface area contributed by atoms with Gasteiger partial charge in [-0.05, 0) is 86.2 Å². The van der Waals surface area contributed by atoms with Crippen LogP contribution in [0, 0.1) is 30.5 Å². The highest BCUT2D eigenvalue weighted by Crippen LogP contribution is 2.49. The second-order valence-electron chi connectivity index (χ2n) is 14.8. The molecular weight excluding hydrogens is 629 g/mol. The molecule has 2 saturated carbocycles. The average molecular weight is 668 g/mol. The molecule has 3 aromatic carbocycles. The summed E-state index contributed by atoms with van der Waals surface area (Å²) in [6.45, 7) is 7.92. The van der Waals surface area contributed by atoms with Gasteiger partial charge in [0.1, 0.15) is 17.4 Å². The smallest absolute Gasteiger partial charge is 0.319 e. The number of aromatic nitrogens is 2. The summed E-state index contributed by atoms with van der Waals surface area (Å²) >= 11 is 7.36. The first-order valence-electron chi connectivity index (χ1n) is 17.2. The number of phenolic OH excluding ortho intramolecular Hbond substituents is 1. The van der Waals surface area contributed by atoms with Crippen LogP contribution in [0.5, 0.6) is 11.8 Å². The normalized spacial score (nSPS) is 23.9. The number of halogens is 2. The molecule has 1 spiro atoms. The molecule has 2 N–H and O–H groups in total. The Labute approximate surface area is 284 Å². The number of benzene rings is 3. The van der Waals surface area contributed by atoms with Gasteiger partial charge < -0.3 is 24.8 Å². The van der Waals surface area contributed by atoms with Crippen LogP contribution in [-0.4, -0.2) is 83.6 Å². The summed E-state index contributed by atoms with van der Waals surface area (Å²) in [4.78, 5) is 14.9. The number of piperazine rings is 1. The van der Waals surface area contributed by atoms with E-state index in [1.54, 1.807) is 18.2 Å². The van der Waals surface area contributed by atoms with Crippen molar-refractivity contribution in [3.63, 3.8) is 0 Å². The molecule has 3 aliphatic heterocycles. The first-order chi connectivity index (χ1) is 23.2. The van der Waals surface area contributed by atoms with E-state index in [0.29, 0.717) is 57.1 Å². The zero-order valence-electron chi connectivity index (χ0n) is 27.1. The van der Waals surface area contributed by atoms with E-state index < -0.39 is 5.82 Å². The molecule has 248 valence electrons. The Morgan fingerprint density at radius 3 is 2.67 bits per heavy atom. The van der Waals surface area contributed by atoms with E-state index in [9.17, 15) is 5.11 Å². The molecule has 8 nitrogen and oxygen atoms in total. The predicted octanol–water partition coefficient (Wildman–Crippen LogP) is 6.20. The van der Waals surface area contributed by atoms with E-state index >= 15 is 4.39 Å². The summed E-state index contributed by atoms with van der Waals surface area (Å²) in [6, 6.07) is 9.31. The van der Waals surface area contributed by atoms with E-state index in [0.717, 1.165) is 94.6 Å². The minimum atomic E-state index is -0.501. The third kappa shape index (κ3) is 5.25. The average Bonchev–Trinajstić information content (AvgIpc) is 3.99. The lowest BCUT2D eigenvalue weighted by Gasteiger charge is -2.35. The number of nitrogens with one attached hydrogen (secondary N) is 1. The monoisotopic (exact) mass is 667 g/mol. The maximum atomic E-state index is 15.0. The van der Waals surface area contributed by atoms with Crippen molar-refractivity contribution in [3.8, 4) is 35.2 Å². The minimum Gasteiger partial charge on any atom is -0.508 e. The fourth-order valence-corrected chi connectivity index (χ4v) is 8.80. The van der Waals surface area contributed by atoms with Gasteiger partial charge in [-0.1, -0.05) is 23.6 Å². The highest BCUT2D eigenvalue weighted by Gasteiger charge is 2.51. The zero-order valence-corrected chi connectivity index (χ0v) is 27.9. The van der Waals surface area contributed by atoms with E-state index in [-0.39, 0.29) is 22.3 Å². The standard InChI is InChI=1S/C38H39ClFN5O3/c1-3-27-30(40)7-4-23-15-26(46)16-28(32(23)27)31-22(2)14-29-34(33(31)39)42-36(43-35(29)45-17-24-5-6-25(18-45)41-24)47-21-37(8-9-37)19-44-12-13-48-38(20-44)10-11-38/h1,4,7,14-16,24-25,41,46H,5-6,8-13,17-21H2,2H3. The molecule has 3 saturated heterocycles. The van der Waals surface area contributed by atoms with Crippen LogP contribution in [0.2, 0.25) is 5.02 Å². The van der Waals surface area contributed by atoms with Crippen LogP contribution in [0.1, 0.15) is 49.7 Å². The van der Waals surface area contributed by atoms with Crippen LogP contribution >= 0.6 is 11.6 Å². The maximum Gasteiger partial charge on any atom is 0.319 e. The molecule has 2 aliphatic carbocycles. The second-order valence-corrected chi connectivity index (χ2v) is 15.2. The topological polar surface area (TPSA) is 83.0 Å². The quantitative estimate of drug-likeness (QED) is 0.226. The Bertz CT molecular complexity index is 2010. The molecule has 2 bridgehead atoms. The molecule has 4 heterocycles. The molecule has 2 unspecified atom stereocenters. The highest BCUT2D eigenvalue weighted by atomic mass is 35.5. The third-order valence-electron chi connectivity index (χ3n) is 11.2. The lowest BCUT2D eigenvalue weighted by Crippen LogP contribution is -2.51. The SMILES string of the molecule is C#Cc1c(F)ccc2cc(O)cc(-c3c(C)cc4c(N5CC6CCC(C5)N6)nc(OCC5(CN6CCOC7(CC7)C6)CC5)nc4c3Cl)c12. The number of aryl methyl sites for hydroxylation is 1. The first kappa shape index (κ1) is 30.4. The van der Waals surface area contributed by atoms with Crippen LogP contribution in [-0.2, 0) is 4.74 Å². The predicted molar refractivity (Wildman–Crippen MR) is 185 cm³/mol. The number of rotatable bonds is 7. The summed E-state index contributed by atoms with van der Waals surface area (Å²) in [6.07, 6.45) is 12.7. The molecule has 48 heavy (non-hydrogen) atoms. The van der Waals surface area contributed by atoms with Crippen LogP contribution in [0.3, 0.4) is 0 Å². The first-order valence-corrected chi connectivity index (χ1v) is 17.5. The minimum absolute atomic E-state index is 0.0361. The zero-order chi connectivity index (χ0) is 32.8. The Morgan fingerprint density at radius 2 is 1.94 bits per heavy atom. The summed E-state index contributed by atoms with van der Waals surface area (Å²) in [5.74, 6) is 2.87. The van der Waals surface area contributed by atoms with Crippen molar-refractivity contribution in [2.75, 3.05) is 50.8 Å². The van der Waals surface area contributed by atoms with Gasteiger partial charge in [-0.15, -0.1) is 6.42 Å². The Morgan fingerprint density at radius 1 is 1.15 bits per heavy atom. The number of morpholine rings is 1. The molecule has 5 fully saturated rings. The van der Waals surface area contributed by atoms with E-state index in [1.807, 2.05) is 6.92 Å². The fourth-order valence-electron chi connectivity index (χ4n) is 8.40. The van der Waals surface area contributed by atoms with Gasteiger partial charge in [0.2, 0.25) is 0 Å². The Balaban J connectivity index is 1.13. The van der Waals surface area contributed by atoms with Gasteiger partial charge in [-0.25, -0.2) is 4.39 Å². The number of terminal acetylenes is 1. The van der Waals surface area contributed by atoms with Gasteiger partial charge in [0.15, 0.2) is 0 Å². The van der Waals surface area contributed by atoms with Gasteiger partial charge in [0, 0.05) is 66.6 Å². The number of hydrogen-bond acceptors (Lipinski definition) is 8. The van der Waals surface area contributed by atoms with Crippen molar-refractivity contribution in [2.45, 2.75) is 63.1 Å². The summed E-state index contributed by atoms with van der Waals surface area (Å²) < 4.78 is 27.6. The van der Waals surface area contributed by atoms with Crippen molar-refractivity contribution in [2.24, 2.45) is 5.41 Å². The van der Waals surface area contributed by atoms with E-state index in [1.165, 1.54) is 6.07 Å². The molecule has 5 aliphatic rings. The molecule has 0 radical (unpaired) electrons. The van der Waals surface area contributed by atoms with Crippen LogP contribution < -0.4 is 15.0 Å². The number of ether oxygens (including phenoxy) is 2. The van der Waals surface area contributed by atoms with Crippen molar-refractivity contribution in [1.82, 2.24) is 20.2 Å². The second kappa shape index (κ2) is 11.2. The number of hydrogen-bond donors (Lipinski definition) is 2. The molecule has 2 atom stereocenters. The van der Waals surface area contributed by atoms with E-state index in [4.69, 9.17) is 37.5 Å². The number of aromatic hydroxyl groups is 1. The molecule has 4 aromatic rings. The Kier molecular flexibility index (Phi) is 7.07. The van der Waals surface area contributed by atoms with Crippen LogP contribution in [0.25, 0.3) is 32.8 Å². The van der Waals surface area contributed by atoms with Crippen molar-refractivity contribution in [1.29, 1.82) is 0 Å². The van der Waals surface area contributed by atoms with Crippen molar-refractivity contribution >= 4 is 39.1 Å². The van der Waals surface area contributed by atoms with Crippen LogP contribution in [0.4, 0.5) is 10.2 Å². The fraction of sp³-hybridized carbons (Fsp3) is 0.474. The van der Waals surface area contributed by atoms with Gasteiger partial charge in [-0.3, -0.25) is 4.90 Å². The summed E-state index contributed by atoms with van der Waals surface area (Å²) in [7, 11) is 0. The van der Waals surface area contributed by atoms with Gasteiger partial charge >= 0.3 is 6.01 Å². The molecule has 10 heteroatoms. The third-order valence-corrected chi connectivity index (χ3v) is 11.6. The van der Waals surface area contributed by atoms with Crippen molar-refractivity contribution in [3.05, 3.63) is 52.3 Å². The van der Waals surface area contributed by atoms with Crippen molar-refractivity contribution < 1.29 is 19.0 Å².